The van der Waals surface area contributed by atoms with Gasteiger partial charge in [-0.15, -0.1) is 0 Å². The Hall–Kier alpha value is -1.93. The van der Waals surface area contributed by atoms with E-state index in [9.17, 15) is 4.79 Å². The normalized spacial score (nSPS) is 27.6. The molecule has 3 unspecified atom stereocenters. The van der Waals surface area contributed by atoms with Crippen LogP contribution in [0.3, 0.4) is 0 Å². The number of fused-ring (bicyclic) bond motifs is 3. The van der Waals surface area contributed by atoms with Gasteiger partial charge >= 0.3 is 0 Å². The predicted octanol–water partition coefficient (Wildman–Crippen LogP) is 6.68. The Bertz CT molecular complexity index is 918. The Morgan fingerprint density at radius 3 is 2.61 bits per heavy atom. The molecule has 0 radical (unpaired) electrons. The van der Waals surface area contributed by atoms with Crippen LogP contribution in [0.15, 0.2) is 48.5 Å². The van der Waals surface area contributed by atoms with Gasteiger partial charge in [-0.05, 0) is 65.0 Å². The second-order valence-corrected chi connectivity index (χ2v) is 10.8. The molecule has 0 amide bonds. The van der Waals surface area contributed by atoms with E-state index in [4.69, 9.17) is 0 Å². The maximum atomic E-state index is 12.4. The third kappa shape index (κ3) is 4.37. The largest absolute Gasteiger partial charge is 0.316 e. The summed E-state index contributed by atoms with van der Waals surface area (Å²) in [6.07, 6.45) is 6.94. The lowest BCUT2D eigenvalue weighted by atomic mass is 9.49. The Morgan fingerprint density at radius 2 is 1.87 bits per heavy atom. The molecule has 0 bridgehead atoms. The highest BCUT2D eigenvalue weighted by Gasteiger charge is 2.51. The minimum Gasteiger partial charge on any atom is -0.316 e. The minimum atomic E-state index is 0.235. The molecule has 1 saturated carbocycles. The fourth-order valence-electron chi connectivity index (χ4n) is 6.56. The highest BCUT2D eigenvalue weighted by atomic mass is 16.1. The number of ketones is 1. The van der Waals surface area contributed by atoms with Crippen molar-refractivity contribution in [1.82, 2.24) is 5.32 Å². The van der Waals surface area contributed by atoms with Crippen LogP contribution in [-0.2, 0) is 11.8 Å². The van der Waals surface area contributed by atoms with Crippen molar-refractivity contribution in [3.8, 4) is 0 Å². The lowest BCUT2D eigenvalue weighted by Gasteiger charge is -2.55. The minimum absolute atomic E-state index is 0.235. The fraction of sp³-hybridized carbons (Fsp3) is 0.552. The topological polar surface area (TPSA) is 29.1 Å². The quantitative estimate of drug-likeness (QED) is 0.402. The number of carbonyl (C=O) groups excluding carboxylic acids is 1. The van der Waals surface area contributed by atoms with E-state index < -0.39 is 0 Å². The molecule has 2 aliphatic carbocycles. The average molecular weight is 418 g/mol. The first kappa shape index (κ1) is 22.3. The van der Waals surface area contributed by atoms with Crippen molar-refractivity contribution in [3.63, 3.8) is 0 Å². The molecule has 4 rings (SSSR count). The van der Waals surface area contributed by atoms with Crippen LogP contribution in [0.4, 0.5) is 0 Å². The highest BCUT2D eigenvalue weighted by molar-refractivity contribution is 5.96. The van der Waals surface area contributed by atoms with E-state index in [-0.39, 0.29) is 16.6 Å². The van der Waals surface area contributed by atoms with Gasteiger partial charge in [-0.3, -0.25) is 4.79 Å². The smallest absolute Gasteiger partial charge is 0.164 e. The summed E-state index contributed by atoms with van der Waals surface area (Å²) in [6, 6.07) is 17.0. The van der Waals surface area contributed by atoms with Crippen molar-refractivity contribution in [1.29, 1.82) is 0 Å². The number of hydrogen-bond acceptors (Lipinski definition) is 2. The van der Waals surface area contributed by atoms with Gasteiger partial charge in [-0.25, -0.2) is 0 Å². The average Bonchev–Trinajstić information content (AvgIpc) is 2.76. The van der Waals surface area contributed by atoms with Crippen LogP contribution in [0.2, 0.25) is 0 Å². The molecule has 0 saturated heterocycles. The van der Waals surface area contributed by atoms with Gasteiger partial charge in [0.15, 0.2) is 5.78 Å². The van der Waals surface area contributed by atoms with Crippen LogP contribution in [-0.4, -0.2) is 18.9 Å². The van der Waals surface area contributed by atoms with E-state index in [0.29, 0.717) is 18.3 Å². The molecule has 2 aliphatic rings. The highest BCUT2D eigenvalue weighted by Crippen LogP contribution is 2.57. The standard InChI is InChI=1S/C29H39NO/c1-21(2)23-11-13-25-24(19-23)12-14-27-28(3,16-8-17-29(25,27)4)20-30-18-15-26(31)22-9-6-5-7-10-22/h5-7,9-11,13,19,21,27,30H,8,12,14-18,20H2,1-4H3. The number of carbonyl (C=O) groups is 1. The Balaban J connectivity index is 1.43. The second-order valence-electron chi connectivity index (χ2n) is 10.8. The predicted molar refractivity (Wildman–Crippen MR) is 130 cm³/mol. The zero-order chi connectivity index (χ0) is 22.1. The second kappa shape index (κ2) is 8.90. The molecular weight excluding hydrogens is 378 g/mol. The van der Waals surface area contributed by atoms with Gasteiger partial charge in [0, 0.05) is 25.1 Å². The van der Waals surface area contributed by atoms with E-state index in [1.54, 1.807) is 11.1 Å². The molecule has 2 nitrogen and oxygen atoms in total. The number of Topliss-reactive ketones (excluding diaryl/α,β-unsaturated/α-hetero) is 1. The van der Waals surface area contributed by atoms with Gasteiger partial charge in [-0.1, -0.05) is 82.6 Å². The van der Waals surface area contributed by atoms with E-state index in [2.05, 4.69) is 51.2 Å². The Kier molecular flexibility index (Phi) is 6.40. The third-order valence-electron chi connectivity index (χ3n) is 8.32. The molecule has 0 spiro atoms. The molecule has 2 aromatic carbocycles. The van der Waals surface area contributed by atoms with Crippen LogP contribution >= 0.6 is 0 Å². The summed E-state index contributed by atoms with van der Waals surface area (Å²) in [4.78, 5) is 12.4. The van der Waals surface area contributed by atoms with Gasteiger partial charge in [0.25, 0.3) is 0 Å². The van der Waals surface area contributed by atoms with Crippen molar-refractivity contribution >= 4 is 5.78 Å². The molecule has 3 atom stereocenters. The van der Waals surface area contributed by atoms with Gasteiger partial charge in [0.1, 0.15) is 0 Å². The first-order valence-corrected chi connectivity index (χ1v) is 12.3. The zero-order valence-corrected chi connectivity index (χ0v) is 19.8. The van der Waals surface area contributed by atoms with Crippen LogP contribution in [0.5, 0.6) is 0 Å². The van der Waals surface area contributed by atoms with Crippen LogP contribution in [0.25, 0.3) is 0 Å². The van der Waals surface area contributed by atoms with E-state index in [0.717, 1.165) is 18.7 Å². The molecule has 0 aliphatic heterocycles. The summed E-state index contributed by atoms with van der Waals surface area (Å²) in [5.74, 6) is 1.53. The summed E-state index contributed by atoms with van der Waals surface area (Å²) in [7, 11) is 0. The molecule has 2 aromatic rings. The van der Waals surface area contributed by atoms with Gasteiger partial charge in [0.2, 0.25) is 0 Å². The molecule has 1 N–H and O–H groups in total. The molecular formula is C29H39NO. The molecule has 2 heteroatoms. The lowest BCUT2D eigenvalue weighted by Crippen LogP contribution is -2.52. The monoisotopic (exact) mass is 417 g/mol. The van der Waals surface area contributed by atoms with E-state index >= 15 is 0 Å². The van der Waals surface area contributed by atoms with E-state index in [1.807, 2.05) is 30.3 Å². The maximum absolute atomic E-state index is 12.4. The number of aryl methyl sites for hydroxylation is 1. The van der Waals surface area contributed by atoms with Crippen molar-refractivity contribution in [3.05, 3.63) is 70.8 Å². The van der Waals surface area contributed by atoms with Crippen molar-refractivity contribution in [2.24, 2.45) is 11.3 Å². The third-order valence-corrected chi connectivity index (χ3v) is 8.32. The Labute approximate surface area is 188 Å². The van der Waals surface area contributed by atoms with Crippen LogP contribution in [0, 0.1) is 11.3 Å². The summed E-state index contributed by atoms with van der Waals surface area (Å²) >= 11 is 0. The van der Waals surface area contributed by atoms with Crippen molar-refractivity contribution in [2.75, 3.05) is 13.1 Å². The fourth-order valence-corrected chi connectivity index (χ4v) is 6.56. The molecule has 166 valence electrons. The summed E-state index contributed by atoms with van der Waals surface area (Å²) < 4.78 is 0. The number of nitrogens with one attached hydrogen (secondary N) is 1. The molecule has 0 aromatic heterocycles. The first-order valence-electron chi connectivity index (χ1n) is 12.3. The van der Waals surface area contributed by atoms with Crippen molar-refractivity contribution in [2.45, 2.75) is 77.6 Å². The maximum Gasteiger partial charge on any atom is 0.164 e. The van der Waals surface area contributed by atoms with Gasteiger partial charge < -0.3 is 5.32 Å². The van der Waals surface area contributed by atoms with Gasteiger partial charge in [0.05, 0.1) is 0 Å². The summed E-state index contributed by atoms with van der Waals surface area (Å²) in [5.41, 5.74) is 6.07. The zero-order valence-electron chi connectivity index (χ0n) is 19.8. The molecule has 0 heterocycles. The summed E-state index contributed by atoms with van der Waals surface area (Å²) in [6.45, 7) is 11.4. The summed E-state index contributed by atoms with van der Waals surface area (Å²) in [5, 5.41) is 3.67. The van der Waals surface area contributed by atoms with Gasteiger partial charge in [-0.2, -0.15) is 0 Å². The first-order chi connectivity index (χ1) is 14.8. The van der Waals surface area contributed by atoms with Crippen LogP contribution in [0.1, 0.15) is 92.8 Å². The lowest BCUT2D eigenvalue weighted by molar-refractivity contribution is 0.0260. The number of hydrogen-bond donors (Lipinski definition) is 1. The molecule has 1 fully saturated rings. The SMILES string of the molecule is CC(C)c1ccc2c(c1)CCC1C(C)(CNCCC(=O)c3ccccc3)CCCC21C. The Morgan fingerprint density at radius 1 is 1.10 bits per heavy atom. The van der Waals surface area contributed by atoms with E-state index in [1.165, 1.54) is 37.7 Å². The number of rotatable bonds is 7. The number of benzene rings is 2. The van der Waals surface area contributed by atoms with Crippen LogP contribution < -0.4 is 5.32 Å². The molecule has 31 heavy (non-hydrogen) atoms. The van der Waals surface area contributed by atoms with Crippen molar-refractivity contribution < 1.29 is 4.79 Å².